The van der Waals surface area contributed by atoms with Crippen LogP contribution in [0, 0.1) is 5.92 Å². The van der Waals surface area contributed by atoms with Crippen molar-refractivity contribution in [1.29, 1.82) is 0 Å². The summed E-state index contributed by atoms with van der Waals surface area (Å²) in [4.78, 5) is 26.4. The van der Waals surface area contributed by atoms with Crippen LogP contribution in [0.3, 0.4) is 0 Å². The van der Waals surface area contributed by atoms with Crippen LogP contribution in [0.15, 0.2) is 0 Å². The van der Waals surface area contributed by atoms with Crippen LogP contribution in [0.2, 0.25) is 0 Å². The van der Waals surface area contributed by atoms with E-state index in [1.54, 1.807) is 23.7 Å². The lowest BCUT2D eigenvalue weighted by atomic mass is 10.3. The van der Waals surface area contributed by atoms with Crippen molar-refractivity contribution in [2.24, 2.45) is 5.92 Å². The highest BCUT2D eigenvalue weighted by atomic mass is 32.2. The fraction of sp³-hybridized carbons (Fsp3) is 0.818. The molecule has 6 heteroatoms. The van der Waals surface area contributed by atoms with Gasteiger partial charge in [-0.3, -0.25) is 0 Å². The van der Waals surface area contributed by atoms with Crippen molar-refractivity contribution in [2.45, 2.75) is 18.9 Å². The topological polar surface area (TPSA) is 60.9 Å². The second-order valence-electron chi connectivity index (χ2n) is 4.73. The van der Waals surface area contributed by atoms with Crippen molar-refractivity contribution in [3.63, 3.8) is 0 Å². The maximum Gasteiger partial charge on any atom is 0.327 e. The number of nitrogens with zero attached hydrogens (tertiary/aromatic N) is 2. The highest BCUT2D eigenvalue weighted by Gasteiger charge is 2.35. The molecule has 0 bridgehead atoms. The van der Waals surface area contributed by atoms with Gasteiger partial charge in [0.15, 0.2) is 0 Å². The number of carboxylic acid groups (broad SMARTS) is 1. The molecule has 1 aliphatic heterocycles. The molecule has 2 amide bonds. The Morgan fingerprint density at radius 1 is 1.47 bits per heavy atom. The number of hydrogen-bond acceptors (Lipinski definition) is 3. The monoisotopic (exact) mass is 258 g/mol. The number of urea groups is 1. The third kappa shape index (κ3) is 3.06. The van der Waals surface area contributed by atoms with Crippen molar-refractivity contribution in [3.05, 3.63) is 0 Å². The molecule has 1 aliphatic carbocycles. The number of thioether (sulfide) groups is 1. The molecule has 2 rings (SSSR count). The SMILES string of the molecule is CN(CC1CC1)C(=O)N1CCSCC1C(=O)O. The first-order valence-electron chi connectivity index (χ1n) is 5.92. The highest BCUT2D eigenvalue weighted by Crippen LogP contribution is 2.30. The van der Waals surface area contributed by atoms with Crippen LogP contribution in [-0.4, -0.2) is 64.6 Å². The van der Waals surface area contributed by atoms with Crippen molar-refractivity contribution < 1.29 is 14.7 Å². The summed E-state index contributed by atoms with van der Waals surface area (Å²) in [5.74, 6) is 1.06. The second-order valence-corrected chi connectivity index (χ2v) is 5.88. The summed E-state index contributed by atoms with van der Waals surface area (Å²) in [6.45, 7) is 1.30. The van der Waals surface area contributed by atoms with Crippen LogP contribution in [0.25, 0.3) is 0 Å². The van der Waals surface area contributed by atoms with E-state index in [2.05, 4.69) is 0 Å². The molecule has 5 nitrogen and oxygen atoms in total. The predicted molar refractivity (Wildman–Crippen MR) is 66.2 cm³/mol. The third-order valence-corrected chi connectivity index (χ3v) is 4.24. The van der Waals surface area contributed by atoms with E-state index in [4.69, 9.17) is 5.11 Å². The van der Waals surface area contributed by atoms with Crippen LogP contribution in [-0.2, 0) is 4.79 Å². The molecule has 2 fully saturated rings. The van der Waals surface area contributed by atoms with Gasteiger partial charge in [-0.2, -0.15) is 11.8 Å². The van der Waals surface area contributed by atoms with Gasteiger partial charge in [0.2, 0.25) is 0 Å². The number of aliphatic carboxylic acids is 1. The number of carbonyl (C=O) groups excluding carboxylic acids is 1. The molecule has 1 unspecified atom stereocenters. The Kier molecular flexibility index (Phi) is 3.81. The Bertz CT molecular complexity index is 320. The van der Waals surface area contributed by atoms with Gasteiger partial charge in [-0.05, 0) is 18.8 Å². The minimum absolute atomic E-state index is 0.135. The molecule has 1 saturated heterocycles. The van der Waals surface area contributed by atoms with Gasteiger partial charge in [0.1, 0.15) is 6.04 Å². The summed E-state index contributed by atoms with van der Waals surface area (Å²) < 4.78 is 0. The fourth-order valence-corrected chi connectivity index (χ4v) is 3.06. The third-order valence-electron chi connectivity index (χ3n) is 3.21. The quantitative estimate of drug-likeness (QED) is 0.819. The van der Waals surface area contributed by atoms with Crippen LogP contribution in [0.5, 0.6) is 0 Å². The van der Waals surface area contributed by atoms with Crippen molar-refractivity contribution in [1.82, 2.24) is 9.80 Å². The molecule has 1 saturated carbocycles. The summed E-state index contributed by atoms with van der Waals surface area (Å²) in [7, 11) is 1.77. The van der Waals surface area contributed by atoms with E-state index in [0.29, 0.717) is 18.2 Å². The molecule has 96 valence electrons. The number of rotatable bonds is 3. The molecule has 0 aromatic heterocycles. The minimum Gasteiger partial charge on any atom is -0.480 e. The van der Waals surface area contributed by atoms with Crippen molar-refractivity contribution >= 4 is 23.8 Å². The van der Waals surface area contributed by atoms with Gasteiger partial charge in [0.25, 0.3) is 0 Å². The molecule has 2 aliphatic rings. The van der Waals surface area contributed by atoms with Gasteiger partial charge < -0.3 is 14.9 Å². The summed E-state index contributed by atoms with van der Waals surface area (Å²) >= 11 is 1.60. The van der Waals surface area contributed by atoms with E-state index in [0.717, 1.165) is 12.3 Å². The van der Waals surface area contributed by atoms with Gasteiger partial charge in [-0.15, -0.1) is 0 Å². The molecular weight excluding hydrogens is 240 g/mol. The lowest BCUT2D eigenvalue weighted by Crippen LogP contribution is -2.54. The van der Waals surface area contributed by atoms with Gasteiger partial charge in [-0.25, -0.2) is 9.59 Å². The Labute approximate surface area is 105 Å². The largest absolute Gasteiger partial charge is 0.480 e. The molecule has 0 radical (unpaired) electrons. The zero-order valence-corrected chi connectivity index (χ0v) is 10.8. The number of hydrogen-bond donors (Lipinski definition) is 1. The maximum absolute atomic E-state index is 12.2. The number of carbonyl (C=O) groups is 2. The van der Waals surface area contributed by atoms with E-state index in [-0.39, 0.29) is 6.03 Å². The Morgan fingerprint density at radius 3 is 2.76 bits per heavy atom. The van der Waals surface area contributed by atoms with E-state index in [1.165, 1.54) is 17.7 Å². The molecule has 0 spiro atoms. The maximum atomic E-state index is 12.2. The van der Waals surface area contributed by atoms with Gasteiger partial charge in [-0.1, -0.05) is 0 Å². The first-order chi connectivity index (χ1) is 8.09. The second kappa shape index (κ2) is 5.16. The molecule has 17 heavy (non-hydrogen) atoms. The highest BCUT2D eigenvalue weighted by molar-refractivity contribution is 7.99. The average molecular weight is 258 g/mol. The Balaban J connectivity index is 1.96. The van der Waals surface area contributed by atoms with Crippen LogP contribution >= 0.6 is 11.8 Å². The van der Waals surface area contributed by atoms with Gasteiger partial charge >= 0.3 is 12.0 Å². The van der Waals surface area contributed by atoms with Crippen molar-refractivity contribution in [2.75, 3.05) is 31.6 Å². The summed E-state index contributed by atoms with van der Waals surface area (Å²) in [6, 6.07) is -0.799. The normalized spacial score (nSPS) is 24.5. The Morgan fingerprint density at radius 2 is 2.18 bits per heavy atom. The summed E-state index contributed by atoms with van der Waals surface area (Å²) in [5, 5.41) is 9.11. The molecule has 0 aromatic rings. The fourth-order valence-electron chi connectivity index (χ4n) is 2.02. The lowest BCUT2D eigenvalue weighted by molar-refractivity contribution is -0.141. The van der Waals surface area contributed by atoms with Gasteiger partial charge in [0.05, 0.1) is 0 Å². The van der Waals surface area contributed by atoms with Crippen molar-refractivity contribution in [3.8, 4) is 0 Å². The first kappa shape index (κ1) is 12.5. The average Bonchev–Trinajstić information content (AvgIpc) is 3.11. The standard InChI is InChI=1S/C11H18N2O3S/c1-12(6-8-2-3-8)11(16)13-4-5-17-7-9(13)10(14)15/h8-9H,2-7H2,1H3,(H,14,15). The van der Waals surface area contributed by atoms with E-state index in [1.807, 2.05) is 0 Å². The first-order valence-corrected chi connectivity index (χ1v) is 7.07. The molecule has 1 heterocycles. The van der Waals surface area contributed by atoms with Crippen LogP contribution in [0.4, 0.5) is 4.79 Å². The number of amides is 2. The van der Waals surface area contributed by atoms with E-state index >= 15 is 0 Å². The zero-order valence-electron chi connectivity index (χ0n) is 9.96. The zero-order chi connectivity index (χ0) is 12.4. The van der Waals surface area contributed by atoms with Gasteiger partial charge in [0, 0.05) is 31.6 Å². The minimum atomic E-state index is -0.898. The van der Waals surface area contributed by atoms with E-state index in [9.17, 15) is 9.59 Å². The summed E-state index contributed by atoms with van der Waals surface area (Å²) in [6.07, 6.45) is 2.38. The van der Waals surface area contributed by atoms with Crippen LogP contribution < -0.4 is 0 Å². The predicted octanol–water partition coefficient (Wildman–Crippen LogP) is 0.950. The smallest absolute Gasteiger partial charge is 0.327 e. The summed E-state index contributed by atoms with van der Waals surface area (Å²) in [5.41, 5.74) is 0. The molecular formula is C11H18N2O3S. The molecule has 0 aromatic carbocycles. The lowest BCUT2D eigenvalue weighted by Gasteiger charge is -2.35. The Hall–Kier alpha value is -0.910. The van der Waals surface area contributed by atoms with Crippen LogP contribution in [0.1, 0.15) is 12.8 Å². The number of carboxylic acids is 1. The van der Waals surface area contributed by atoms with E-state index < -0.39 is 12.0 Å². The molecule has 1 atom stereocenters. The molecule has 1 N–H and O–H groups in total.